The zero-order valence-electron chi connectivity index (χ0n) is 10.3. The van der Waals surface area contributed by atoms with Crippen molar-refractivity contribution in [3.63, 3.8) is 0 Å². The highest BCUT2D eigenvalue weighted by Crippen LogP contribution is 2.17. The minimum Gasteiger partial charge on any atom is -0.294 e. The van der Waals surface area contributed by atoms with Gasteiger partial charge in [0.25, 0.3) is 0 Å². The molecule has 1 N–H and O–H groups in total. The lowest BCUT2D eigenvalue weighted by atomic mass is 10.2. The van der Waals surface area contributed by atoms with Crippen LogP contribution in [0.15, 0.2) is 36.8 Å². The molecule has 3 aromatic heterocycles. The van der Waals surface area contributed by atoms with Gasteiger partial charge in [0.2, 0.25) is 0 Å². The lowest BCUT2D eigenvalue weighted by Crippen LogP contribution is -2.07. The molecule has 96 valence electrons. The molecule has 0 fully saturated rings. The van der Waals surface area contributed by atoms with E-state index in [4.69, 9.17) is 12.2 Å². The lowest BCUT2D eigenvalue weighted by molar-refractivity contribution is 0.664. The fourth-order valence-corrected chi connectivity index (χ4v) is 2.10. The Bertz CT molecular complexity index is 739. The summed E-state index contributed by atoms with van der Waals surface area (Å²) in [5.41, 5.74) is 2.04. The summed E-state index contributed by atoms with van der Waals surface area (Å²) in [5.74, 6) is 0.800. The van der Waals surface area contributed by atoms with Crippen LogP contribution < -0.4 is 0 Å². The highest BCUT2D eigenvalue weighted by molar-refractivity contribution is 7.71. The van der Waals surface area contributed by atoms with Gasteiger partial charge in [0, 0.05) is 31.2 Å². The van der Waals surface area contributed by atoms with Gasteiger partial charge in [0.1, 0.15) is 0 Å². The molecule has 0 unspecified atom stereocenters. The molecule has 0 atom stereocenters. The molecule has 3 aromatic rings. The Kier molecular flexibility index (Phi) is 2.96. The number of hydrogen-bond donors (Lipinski definition) is 1. The Labute approximate surface area is 114 Å². The van der Waals surface area contributed by atoms with Crippen LogP contribution in [0, 0.1) is 4.77 Å². The summed E-state index contributed by atoms with van der Waals surface area (Å²) >= 11 is 5.29. The summed E-state index contributed by atoms with van der Waals surface area (Å²) in [5, 5.41) is 11.3. The van der Waals surface area contributed by atoms with E-state index in [1.54, 1.807) is 18.6 Å². The molecule has 0 aliphatic heterocycles. The molecule has 0 aliphatic rings. The molecule has 3 rings (SSSR count). The van der Waals surface area contributed by atoms with E-state index in [9.17, 15) is 0 Å². The van der Waals surface area contributed by atoms with Crippen molar-refractivity contribution in [1.82, 2.24) is 29.5 Å². The molecular formula is C12H12N6S. The van der Waals surface area contributed by atoms with Crippen molar-refractivity contribution in [3.8, 4) is 11.4 Å². The van der Waals surface area contributed by atoms with Crippen LogP contribution in [0.25, 0.3) is 11.4 Å². The third kappa shape index (κ3) is 2.19. The molecule has 0 amide bonds. The van der Waals surface area contributed by atoms with Gasteiger partial charge in [-0.05, 0) is 30.4 Å². The predicted octanol–water partition coefficient (Wildman–Crippen LogP) is 1.78. The Morgan fingerprint density at radius 1 is 1.21 bits per heavy atom. The van der Waals surface area contributed by atoms with Crippen molar-refractivity contribution < 1.29 is 0 Å². The van der Waals surface area contributed by atoms with Crippen molar-refractivity contribution in [2.24, 2.45) is 7.05 Å². The molecular weight excluding hydrogens is 260 g/mol. The summed E-state index contributed by atoms with van der Waals surface area (Å²) in [6, 6.07) is 5.78. The summed E-state index contributed by atoms with van der Waals surface area (Å²) in [6.07, 6.45) is 5.24. The van der Waals surface area contributed by atoms with Gasteiger partial charge < -0.3 is 0 Å². The first-order valence-electron chi connectivity index (χ1n) is 5.78. The van der Waals surface area contributed by atoms with Crippen molar-refractivity contribution in [3.05, 3.63) is 47.3 Å². The number of hydrogen-bond acceptors (Lipinski definition) is 4. The zero-order chi connectivity index (χ0) is 13.2. The summed E-state index contributed by atoms with van der Waals surface area (Å²) in [6.45, 7) is 0.628. The predicted molar refractivity (Wildman–Crippen MR) is 73.0 cm³/mol. The number of pyridine rings is 1. The van der Waals surface area contributed by atoms with Gasteiger partial charge in [-0.25, -0.2) is 0 Å². The Balaban J connectivity index is 2.05. The molecule has 3 heterocycles. The van der Waals surface area contributed by atoms with Gasteiger partial charge in [-0.15, -0.1) is 0 Å². The lowest BCUT2D eigenvalue weighted by Gasteiger charge is -2.07. The molecule has 0 radical (unpaired) electrons. The van der Waals surface area contributed by atoms with Crippen LogP contribution in [0.1, 0.15) is 5.69 Å². The molecule has 0 spiro atoms. The molecule has 19 heavy (non-hydrogen) atoms. The summed E-state index contributed by atoms with van der Waals surface area (Å²) in [7, 11) is 1.91. The van der Waals surface area contributed by atoms with E-state index in [1.165, 1.54) is 0 Å². The topological polar surface area (TPSA) is 64.3 Å². The van der Waals surface area contributed by atoms with Gasteiger partial charge >= 0.3 is 0 Å². The number of H-pyrrole nitrogens is 1. The maximum absolute atomic E-state index is 5.29. The van der Waals surface area contributed by atoms with E-state index in [0.717, 1.165) is 17.1 Å². The maximum Gasteiger partial charge on any atom is 0.195 e. The molecule has 0 saturated carbocycles. The highest BCUT2D eigenvalue weighted by Gasteiger charge is 2.10. The number of nitrogens with zero attached hydrogens (tertiary/aromatic N) is 5. The minimum atomic E-state index is 0.591. The monoisotopic (exact) mass is 272 g/mol. The van der Waals surface area contributed by atoms with E-state index in [-0.39, 0.29) is 0 Å². The Morgan fingerprint density at radius 2 is 2.00 bits per heavy atom. The number of aromatic amines is 1. The normalized spacial score (nSPS) is 10.8. The summed E-state index contributed by atoms with van der Waals surface area (Å²) in [4.78, 5) is 4.01. The number of aryl methyl sites for hydroxylation is 1. The largest absolute Gasteiger partial charge is 0.294 e. The Hall–Kier alpha value is -2.28. The molecule has 6 nitrogen and oxygen atoms in total. The smallest absolute Gasteiger partial charge is 0.195 e. The third-order valence-electron chi connectivity index (χ3n) is 2.94. The average molecular weight is 272 g/mol. The molecule has 0 aliphatic carbocycles. The van der Waals surface area contributed by atoms with Gasteiger partial charge in [-0.2, -0.15) is 10.2 Å². The second-order valence-electron chi connectivity index (χ2n) is 4.12. The average Bonchev–Trinajstić information content (AvgIpc) is 2.99. The van der Waals surface area contributed by atoms with E-state index >= 15 is 0 Å². The van der Waals surface area contributed by atoms with Gasteiger partial charge in [0.05, 0.1) is 12.2 Å². The third-order valence-corrected chi connectivity index (χ3v) is 3.25. The summed E-state index contributed by atoms with van der Waals surface area (Å²) < 4.78 is 4.36. The van der Waals surface area contributed by atoms with Crippen LogP contribution in [0.4, 0.5) is 0 Å². The first kappa shape index (κ1) is 11.8. The first-order chi connectivity index (χ1) is 9.25. The van der Waals surface area contributed by atoms with Crippen LogP contribution in [0.5, 0.6) is 0 Å². The fraction of sp³-hybridized carbons (Fsp3) is 0.167. The number of aromatic nitrogens is 6. The van der Waals surface area contributed by atoms with Crippen LogP contribution >= 0.6 is 12.2 Å². The second-order valence-corrected chi connectivity index (χ2v) is 4.51. The van der Waals surface area contributed by atoms with Crippen LogP contribution in [-0.2, 0) is 13.6 Å². The standard InChI is InChI=1S/C12H12N6S/c1-17-10(4-7-14-17)8-18-11(15-16-12(18)19)9-2-5-13-6-3-9/h2-7H,8H2,1H3,(H,16,19). The fourth-order valence-electron chi connectivity index (χ4n) is 1.90. The quantitative estimate of drug-likeness (QED) is 0.738. The molecule has 7 heteroatoms. The van der Waals surface area contributed by atoms with Crippen molar-refractivity contribution in [2.75, 3.05) is 0 Å². The van der Waals surface area contributed by atoms with Crippen LogP contribution in [0.3, 0.4) is 0 Å². The molecule has 0 saturated heterocycles. The van der Waals surface area contributed by atoms with Crippen molar-refractivity contribution in [2.45, 2.75) is 6.54 Å². The van der Waals surface area contributed by atoms with E-state index in [2.05, 4.69) is 20.3 Å². The van der Waals surface area contributed by atoms with Crippen LogP contribution in [0.2, 0.25) is 0 Å². The van der Waals surface area contributed by atoms with E-state index < -0.39 is 0 Å². The minimum absolute atomic E-state index is 0.591. The highest BCUT2D eigenvalue weighted by atomic mass is 32.1. The van der Waals surface area contributed by atoms with Gasteiger partial charge in [-0.1, -0.05) is 0 Å². The van der Waals surface area contributed by atoms with Crippen LogP contribution in [-0.4, -0.2) is 29.5 Å². The first-order valence-corrected chi connectivity index (χ1v) is 6.19. The van der Waals surface area contributed by atoms with E-state index in [0.29, 0.717) is 11.3 Å². The molecule has 0 aromatic carbocycles. The number of rotatable bonds is 3. The SMILES string of the molecule is Cn1nccc1Cn1c(-c2ccncc2)n[nH]c1=S. The van der Waals surface area contributed by atoms with Crippen molar-refractivity contribution in [1.29, 1.82) is 0 Å². The van der Waals surface area contributed by atoms with E-state index in [1.807, 2.05) is 34.5 Å². The Morgan fingerprint density at radius 3 is 2.68 bits per heavy atom. The number of nitrogens with one attached hydrogen (secondary N) is 1. The second kappa shape index (κ2) is 4.77. The zero-order valence-corrected chi connectivity index (χ0v) is 11.1. The van der Waals surface area contributed by atoms with Crippen molar-refractivity contribution >= 4 is 12.2 Å². The maximum atomic E-state index is 5.29. The van der Waals surface area contributed by atoms with Gasteiger partial charge in [0.15, 0.2) is 10.6 Å². The van der Waals surface area contributed by atoms with Gasteiger partial charge in [-0.3, -0.25) is 19.3 Å². The molecule has 0 bridgehead atoms.